The summed E-state index contributed by atoms with van der Waals surface area (Å²) in [5.41, 5.74) is 2.77. The summed E-state index contributed by atoms with van der Waals surface area (Å²) in [6.45, 7) is 6.86. The van der Waals surface area contributed by atoms with Gasteiger partial charge in [-0.15, -0.1) is 0 Å². The Balaban J connectivity index is 1.56. The van der Waals surface area contributed by atoms with Crippen molar-refractivity contribution >= 4 is 28.9 Å². The van der Waals surface area contributed by atoms with Crippen LogP contribution in [0.1, 0.15) is 26.3 Å². The van der Waals surface area contributed by atoms with Gasteiger partial charge in [-0.1, -0.05) is 49.0 Å². The van der Waals surface area contributed by atoms with Crippen LogP contribution in [0.4, 0.5) is 5.95 Å². The normalized spacial score (nSPS) is 20.2. The third-order valence-corrected chi connectivity index (χ3v) is 5.77. The molecule has 8 heteroatoms. The average molecular weight is 400 g/mol. The van der Waals surface area contributed by atoms with Crippen molar-refractivity contribution in [2.24, 2.45) is 5.92 Å². The lowest BCUT2D eigenvalue weighted by atomic mass is 10.1. The Bertz CT molecular complexity index is 941. The second-order valence-corrected chi connectivity index (χ2v) is 8.65. The number of rotatable bonds is 6. The molecule has 7 nitrogen and oxygen atoms in total. The third kappa shape index (κ3) is 4.29. The Morgan fingerprint density at radius 2 is 2.04 bits per heavy atom. The smallest absolute Gasteiger partial charge is 0.228 e. The van der Waals surface area contributed by atoms with Crippen molar-refractivity contribution in [3.63, 3.8) is 0 Å². The van der Waals surface area contributed by atoms with Gasteiger partial charge in [0.15, 0.2) is 11.4 Å². The SMILES string of the molecule is C[C@H]1CN(c2nc(SCc3ccccc3)c3[nH]cnc3n2)C[C@H]1OC(C)(C)O. The molecular formula is C20H25N5O2S. The number of hydrogen-bond acceptors (Lipinski definition) is 7. The Kier molecular flexibility index (Phi) is 5.27. The molecule has 148 valence electrons. The number of aromatic amines is 1. The molecule has 28 heavy (non-hydrogen) atoms. The second kappa shape index (κ2) is 7.69. The van der Waals surface area contributed by atoms with Crippen molar-refractivity contribution in [3.05, 3.63) is 42.2 Å². The molecule has 3 aromatic rings. The Labute approximate surface area is 168 Å². The topological polar surface area (TPSA) is 87.2 Å². The molecule has 2 aromatic heterocycles. The van der Waals surface area contributed by atoms with Gasteiger partial charge in [-0.2, -0.15) is 4.98 Å². The molecule has 1 aliphatic heterocycles. The highest BCUT2D eigenvalue weighted by molar-refractivity contribution is 7.98. The van der Waals surface area contributed by atoms with Gasteiger partial charge < -0.3 is 19.7 Å². The zero-order valence-corrected chi connectivity index (χ0v) is 17.1. The van der Waals surface area contributed by atoms with E-state index in [1.54, 1.807) is 31.9 Å². The fourth-order valence-electron chi connectivity index (χ4n) is 3.39. The summed E-state index contributed by atoms with van der Waals surface area (Å²) < 4.78 is 5.80. The van der Waals surface area contributed by atoms with Crippen LogP contribution in [-0.2, 0) is 10.5 Å². The maximum atomic E-state index is 10.00. The molecule has 1 aromatic carbocycles. The number of aliphatic hydroxyl groups is 1. The van der Waals surface area contributed by atoms with Crippen LogP contribution in [-0.4, -0.2) is 50.0 Å². The van der Waals surface area contributed by atoms with Gasteiger partial charge in [-0.05, 0) is 19.4 Å². The van der Waals surface area contributed by atoms with Crippen LogP contribution in [0.25, 0.3) is 11.2 Å². The number of anilines is 1. The molecule has 0 aliphatic carbocycles. The third-order valence-electron chi connectivity index (χ3n) is 4.73. The Hall–Kier alpha value is -2.16. The van der Waals surface area contributed by atoms with E-state index in [0.29, 0.717) is 18.1 Å². The number of H-pyrrole nitrogens is 1. The predicted molar refractivity (Wildman–Crippen MR) is 110 cm³/mol. The number of ether oxygens (including phenoxy) is 1. The van der Waals surface area contributed by atoms with Gasteiger partial charge in [0, 0.05) is 24.8 Å². The van der Waals surface area contributed by atoms with E-state index in [1.165, 1.54) is 5.56 Å². The lowest BCUT2D eigenvalue weighted by Gasteiger charge is -2.25. The Morgan fingerprint density at radius 3 is 2.79 bits per heavy atom. The monoisotopic (exact) mass is 399 g/mol. The van der Waals surface area contributed by atoms with Crippen LogP contribution >= 0.6 is 11.8 Å². The number of hydrogen-bond donors (Lipinski definition) is 2. The van der Waals surface area contributed by atoms with E-state index in [2.05, 4.69) is 38.9 Å². The van der Waals surface area contributed by atoms with Crippen LogP contribution in [0.3, 0.4) is 0 Å². The summed E-state index contributed by atoms with van der Waals surface area (Å²) in [6.07, 6.45) is 1.58. The quantitative estimate of drug-likeness (QED) is 0.374. The van der Waals surface area contributed by atoms with Crippen LogP contribution in [0.2, 0.25) is 0 Å². The molecule has 4 rings (SSSR count). The number of nitrogens with zero attached hydrogens (tertiary/aromatic N) is 4. The summed E-state index contributed by atoms with van der Waals surface area (Å²) in [5.74, 6) is 0.597. The van der Waals surface area contributed by atoms with Crippen LogP contribution < -0.4 is 4.90 Å². The lowest BCUT2D eigenvalue weighted by molar-refractivity contribution is -0.207. The minimum Gasteiger partial charge on any atom is -0.366 e. The van der Waals surface area contributed by atoms with E-state index in [1.807, 2.05) is 18.2 Å². The fraction of sp³-hybridized carbons (Fsp3) is 0.450. The lowest BCUT2D eigenvalue weighted by Crippen LogP contribution is -2.34. The maximum absolute atomic E-state index is 10.00. The van der Waals surface area contributed by atoms with Crippen LogP contribution in [0.5, 0.6) is 0 Å². The number of thioether (sulfide) groups is 1. The molecule has 0 bridgehead atoms. The second-order valence-electron chi connectivity index (χ2n) is 7.69. The van der Waals surface area contributed by atoms with E-state index in [0.717, 1.165) is 22.8 Å². The van der Waals surface area contributed by atoms with Crippen molar-refractivity contribution in [1.29, 1.82) is 0 Å². The van der Waals surface area contributed by atoms with Gasteiger partial charge in [-0.25, -0.2) is 9.97 Å². The maximum Gasteiger partial charge on any atom is 0.228 e. The highest BCUT2D eigenvalue weighted by atomic mass is 32.2. The summed E-state index contributed by atoms with van der Waals surface area (Å²) in [5, 5.41) is 10.9. The molecule has 3 heterocycles. The molecule has 0 radical (unpaired) electrons. The van der Waals surface area contributed by atoms with Gasteiger partial charge >= 0.3 is 0 Å². The Morgan fingerprint density at radius 1 is 1.25 bits per heavy atom. The molecule has 1 fully saturated rings. The molecule has 2 atom stereocenters. The van der Waals surface area contributed by atoms with E-state index in [-0.39, 0.29) is 12.0 Å². The number of imidazole rings is 1. The van der Waals surface area contributed by atoms with Gasteiger partial charge in [0.1, 0.15) is 10.5 Å². The zero-order valence-electron chi connectivity index (χ0n) is 16.3. The fourth-order valence-corrected chi connectivity index (χ4v) is 4.33. The summed E-state index contributed by atoms with van der Waals surface area (Å²) in [4.78, 5) is 19.1. The first-order chi connectivity index (χ1) is 13.4. The van der Waals surface area contributed by atoms with E-state index in [4.69, 9.17) is 9.72 Å². The summed E-state index contributed by atoms with van der Waals surface area (Å²) in [6, 6.07) is 10.3. The zero-order chi connectivity index (χ0) is 19.7. The summed E-state index contributed by atoms with van der Waals surface area (Å²) >= 11 is 1.67. The first-order valence-corrected chi connectivity index (χ1v) is 10.4. The minimum absolute atomic E-state index is 0.0705. The molecule has 0 saturated carbocycles. The number of fused-ring (bicyclic) bond motifs is 1. The summed E-state index contributed by atoms with van der Waals surface area (Å²) in [7, 11) is 0. The van der Waals surface area contributed by atoms with Crippen molar-refractivity contribution in [2.75, 3.05) is 18.0 Å². The molecule has 1 aliphatic rings. The van der Waals surface area contributed by atoms with Gasteiger partial charge in [0.2, 0.25) is 5.95 Å². The first kappa shape index (κ1) is 19.2. The highest BCUT2D eigenvalue weighted by Gasteiger charge is 2.35. The first-order valence-electron chi connectivity index (χ1n) is 9.42. The van der Waals surface area contributed by atoms with Crippen molar-refractivity contribution < 1.29 is 9.84 Å². The van der Waals surface area contributed by atoms with Crippen molar-refractivity contribution in [2.45, 2.75) is 43.4 Å². The minimum atomic E-state index is -1.15. The van der Waals surface area contributed by atoms with Crippen molar-refractivity contribution in [3.8, 4) is 0 Å². The molecule has 0 amide bonds. The van der Waals surface area contributed by atoms with E-state index in [9.17, 15) is 5.11 Å². The van der Waals surface area contributed by atoms with Gasteiger partial charge in [-0.3, -0.25) is 0 Å². The van der Waals surface area contributed by atoms with Gasteiger partial charge in [0.05, 0.1) is 12.4 Å². The predicted octanol–water partition coefficient (Wildman–Crippen LogP) is 3.21. The molecular weight excluding hydrogens is 374 g/mol. The molecule has 0 unspecified atom stereocenters. The number of benzene rings is 1. The standard InChI is InChI=1S/C20H25N5O2S/c1-13-9-25(10-15(13)27-20(2,3)26)19-23-17-16(21-12-22-17)18(24-19)28-11-14-7-5-4-6-8-14/h4-8,12-13,15,26H,9-11H2,1-3H3,(H,21,22,23,24)/t13-,15+/m0/s1. The molecule has 1 saturated heterocycles. The highest BCUT2D eigenvalue weighted by Crippen LogP contribution is 2.31. The number of nitrogens with one attached hydrogen (secondary N) is 1. The molecule has 0 spiro atoms. The van der Waals surface area contributed by atoms with Crippen molar-refractivity contribution in [1.82, 2.24) is 19.9 Å². The number of aromatic nitrogens is 4. The van der Waals surface area contributed by atoms with Crippen LogP contribution in [0.15, 0.2) is 41.7 Å². The largest absolute Gasteiger partial charge is 0.366 e. The van der Waals surface area contributed by atoms with E-state index >= 15 is 0 Å². The molecule has 2 N–H and O–H groups in total. The average Bonchev–Trinajstić information content (AvgIpc) is 3.26. The van der Waals surface area contributed by atoms with Gasteiger partial charge in [0.25, 0.3) is 0 Å². The van der Waals surface area contributed by atoms with Crippen LogP contribution in [0, 0.1) is 5.92 Å². The van der Waals surface area contributed by atoms with E-state index < -0.39 is 5.79 Å².